The quantitative estimate of drug-likeness (QED) is 0.663. The first-order valence-electron chi connectivity index (χ1n) is 8.87. The minimum atomic E-state index is -0.356. The molecular weight excluding hydrogens is 345 g/mol. The van der Waals surface area contributed by atoms with Gasteiger partial charge in [-0.3, -0.25) is 9.78 Å². The number of hydrogen-bond acceptors (Lipinski definition) is 6. The fourth-order valence-electron chi connectivity index (χ4n) is 3.32. The molecule has 1 aromatic carbocycles. The molecule has 1 unspecified atom stereocenters. The number of piperidine rings is 1. The predicted molar refractivity (Wildman–Crippen MR) is 98.7 cm³/mol. The lowest BCUT2D eigenvalue weighted by Crippen LogP contribution is -2.40. The Morgan fingerprint density at radius 3 is 2.81 bits per heavy atom. The molecule has 1 saturated heterocycles. The van der Waals surface area contributed by atoms with E-state index >= 15 is 0 Å². The van der Waals surface area contributed by atoms with Crippen LogP contribution in [-0.2, 0) is 0 Å². The summed E-state index contributed by atoms with van der Waals surface area (Å²) in [7, 11) is 0. The first-order chi connectivity index (χ1) is 13.2. The number of aromatic nitrogens is 4. The third-order valence-electron chi connectivity index (χ3n) is 4.69. The number of hydrogen-bond donors (Lipinski definition) is 0. The van der Waals surface area contributed by atoms with Gasteiger partial charge in [0, 0.05) is 30.8 Å². The molecule has 0 amide bonds. The van der Waals surface area contributed by atoms with Gasteiger partial charge in [-0.2, -0.15) is 5.10 Å². The first-order valence-corrected chi connectivity index (χ1v) is 8.87. The Balaban J connectivity index is 1.56. The van der Waals surface area contributed by atoms with Crippen LogP contribution in [-0.4, -0.2) is 39.0 Å². The fourth-order valence-corrected chi connectivity index (χ4v) is 3.32. The summed E-state index contributed by atoms with van der Waals surface area (Å²) in [5, 5.41) is 8.09. The summed E-state index contributed by atoms with van der Waals surface area (Å²) in [6.45, 7) is 1.23. The number of halogens is 1. The zero-order chi connectivity index (χ0) is 18.6. The molecule has 0 bridgehead atoms. The number of rotatable bonds is 4. The van der Waals surface area contributed by atoms with Gasteiger partial charge in [-0.15, -0.1) is 5.10 Å². The van der Waals surface area contributed by atoms with E-state index in [9.17, 15) is 9.18 Å². The zero-order valence-corrected chi connectivity index (χ0v) is 14.6. The van der Waals surface area contributed by atoms with Crippen LogP contribution in [0, 0.1) is 11.7 Å². The maximum Gasteiger partial charge on any atom is 0.245 e. The smallest absolute Gasteiger partial charge is 0.245 e. The number of benzene rings is 1. The Labute approximate surface area is 156 Å². The van der Waals surface area contributed by atoms with E-state index in [0.717, 1.165) is 19.4 Å². The molecule has 0 N–H and O–H groups in total. The number of carbonyl (C=O) groups excluding carboxylic acids is 1. The topological polar surface area (TPSA) is 71.9 Å². The van der Waals surface area contributed by atoms with Crippen LogP contribution in [0.25, 0.3) is 11.3 Å². The third kappa shape index (κ3) is 3.67. The van der Waals surface area contributed by atoms with Gasteiger partial charge in [0.2, 0.25) is 5.95 Å². The second kappa shape index (κ2) is 7.57. The molecule has 0 aliphatic carbocycles. The van der Waals surface area contributed by atoms with Crippen molar-refractivity contribution in [2.45, 2.75) is 12.8 Å². The van der Waals surface area contributed by atoms with Gasteiger partial charge < -0.3 is 4.90 Å². The van der Waals surface area contributed by atoms with E-state index in [1.165, 1.54) is 12.3 Å². The number of carbonyl (C=O) groups is 1. The van der Waals surface area contributed by atoms with Crippen molar-refractivity contribution in [2.75, 3.05) is 18.0 Å². The minimum absolute atomic E-state index is 0.0264. The van der Waals surface area contributed by atoms with E-state index in [0.29, 0.717) is 29.4 Å². The maximum atomic E-state index is 14.1. The van der Waals surface area contributed by atoms with Crippen LogP contribution in [0.1, 0.15) is 23.3 Å². The van der Waals surface area contributed by atoms with Crippen molar-refractivity contribution in [1.29, 1.82) is 0 Å². The average molecular weight is 363 g/mol. The van der Waals surface area contributed by atoms with Crippen LogP contribution in [0.4, 0.5) is 10.3 Å². The average Bonchev–Trinajstić information content (AvgIpc) is 2.74. The lowest BCUT2D eigenvalue weighted by molar-refractivity contribution is 0.0901. The molecule has 7 heteroatoms. The minimum Gasteiger partial charge on any atom is -0.339 e. The van der Waals surface area contributed by atoms with Crippen LogP contribution >= 0.6 is 0 Å². The lowest BCUT2D eigenvalue weighted by Gasteiger charge is -2.31. The summed E-state index contributed by atoms with van der Waals surface area (Å²) in [6, 6.07) is 11.8. The molecule has 3 heterocycles. The van der Waals surface area contributed by atoms with Crippen molar-refractivity contribution < 1.29 is 9.18 Å². The van der Waals surface area contributed by atoms with Crippen LogP contribution < -0.4 is 4.90 Å². The Bertz CT molecular complexity index is 950. The molecular formula is C20H18FN5O. The van der Waals surface area contributed by atoms with Gasteiger partial charge in [0.05, 0.1) is 11.9 Å². The van der Waals surface area contributed by atoms with Gasteiger partial charge in [0.25, 0.3) is 0 Å². The molecule has 136 valence electrons. The van der Waals surface area contributed by atoms with Crippen molar-refractivity contribution in [2.24, 2.45) is 5.92 Å². The van der Waals surface area contributed by atoms with Crippen molar-refractivity contribution >= 4 is 11.7 Å². The van der Waals surface area contributed by atoms with Crippen molar-refractivity contribution in [3.05, 3.63) is 66.4 Å². The van der Waals surface area contributed by atoms with Crippen molar-refractivity contribution in [3.63, 3.8) is 0 Å². The van der Waals surface area contributed by atoms with Crippen LogP contribution in [0.5, 0.6) is 0 Å². The van der Waals surface area contributed by atoms with Crippen LogP contribution in [0.15, 0.2) is 54.9 Å². The number of pyridine rings is 1. The van der Waals surface area contributed by atoms with Gasteiger partial charge in [-0.25, -0.2) is 9.37 Å². The molecule has 0 radical (unpaired) electrons. The van der Waals surface area contributed by atoms with E-state index in [2.05, 4.69) is 20.2 Å². The highest BCUT2D eigenvalue weighted by Crippen LogP contribution is 2.25. The predicted octanol–water partition coefficient (Wildman–Crippen LogP) is 3.17. The Morgan fingerprint density at radius 1 is 1.15 bits per heavy atom. The van der Waals surface area contributed by atoms with E-state index < -0.39 is 0 Å². The molecule has 1 aliphatic heterocycles. The SMILES string of the molecule is O=C(c1ccccn1)C1CCCN(c2nncc(-c3ccccc3F)n2)C1. The van der Waals surface area contributed by atoms with Crippen molar-refractivity contribution in [3.8, 4) is 11.3 Å². The molecule has 1 atom stereocenters. The summed E-state index contributed by atoms with van der Waals surface area (Å²) in [6.07, 6.45) is 4.71. The molecule has 27 heavy (non-hydrogen) atoms. The fraction of sp³-hybridized carbons (Fsp3) is 0.250. The van der Waals surface area contributed by atoms with Gasteiger partial charge in [0.1, 0.15) is 11.5 Å². The summed E-state index contributed by atoms with van der Waals surface area (Å²) < 4.78 is 14.1. The monoisotopic (exact) mass is 363 g/mol. The second-order valence-corrected chi connectivity index (χ2v) is 6.49. The highest BCUT2D eigenvalue weighted by molar-refractivity contribution is 5.96. The molecule has 3 aromatic rings. The van der Waals surface area contributed by atoms with E-state index in [1.807, 2.05) is 11.0 Å². The highest BCUT2D eigenvalue weighted by Gasteiger charge is 2.28. The number of Topliss-reactive ketones (excluding diaryl/α,β-unsaturated/α-hetero) is 1. The normalized spacial score (nSPS) is 16.9. The number of nitrogens with zero attached hydrogens (tertiary/aromatic N) is 5. The third-order valence-corrected chi connectivity index (χ3v) is 4.69. The van der Waals surface area contributed by atoms with Gasteiger partial charge >= 0.3 is 0 Å². The summed E-state index contributed by atoms with van der Waals surface area (Å²) in [4.78, 5) is 23.3. The zero-order valence-electron chi connectivity index (χ0n) is 14.6. The van der Waals surface area contributed by atoms with Gasteiger partial charge in [-0.1, -0.05) is 18.2 Å². The second-order valence-electron chi connectivity index (χ2n) is 6.49. The summed E-state index contributed by atoms with van der Waals surface area (Å²) in [5.74, 6) is -0.0899. The number of anilines is 1. The van der Waals surface area contributed by atoms with Crippen LogP contribution in [0.2, 0.25) is 0 Å². The molecule has 2 aromatic heterocycles. The lowest BCUT2D eigenvalue weighted by atomic mass is 9.92. The number of ketones is 1. The van der Waals surface area contributed by atoms with E-state index in [4.69, 9.17) is 0 Å². The van der Waals surface area contributed by atoms with Crippen molar-refractivity contribution in [1.82, 2.24) is 20.2 Å². The van der Waals surface area contributed by atoms with E-state index in [-0.39, 0.29) is 17.5 Å². The molecule has 0 spiro atoms. The molecule has 6 nitrogen and oxygen atoms in total. The van der Waals surface area contributed by atoms with Crippen LogP contribution in [0.3, 0.4) is 0 Å². The van der Waals surface area contributed by atoms with Gasteiger partial charge in [0.15, 0.2) is 5.78 Å². The highest BCUT2D eigenvalue weighted by atomic mass is 19.1. The molecule has 1 fully saturated rings. The Kier molecular flexibility index (Phi) is 4.82. The Morgan fingerprint density at radius 2 is 2.00 bits per heavy atom. The van der Waals surface area contributed by atoms with Gasteiger partial charge in [-0.05, 0) is 37.1 Å². The summed E-state index contributed by atoms with van der Waals surface area (Å²) >= 11 is 0. The molecule has 1 aliphatic rings. The first kappa shape index (κ1) is 17.2. The molecule has 4 rings (SSSR count). The molecule has 0 saturated carbocycles. The largest absolute Gasteiger partial charge is 0.339 e. The Hall–Kier alpha value is -3.22. The maximum absolute atomic E-state index is 14.1. The standard InChI is InChI=1S/C20H18FN5O/c21-16-8-2-1-7-15(16)18-12-23-25-20(24-18)26-11-5-6-14(13-26)19(27)17-9-3-4-10-22-17/h1-4,7-10,12,14H,5-6,11,13H2. The van der Waals surface area contributed by atoms with E-state index in [1.54, 1.807) is 36.5 Å². The summed E-state index contributed by atoms with van der Waals surface area (Å²) in [5.41, 5.74) is 1.28.